The SMILES string of the molecule is COc1ccc(C2CCCN2C(=O)Nc2ccccc2-c2ccccc2)cc1. The lowest BCUT2D eigenvalue weighted by Gasteiger charge is -2.26. The first-order valence-electron chi connectivity index (χ1n) is 9.62. The Hall–Kier alpha value is -3.27. The van der Waals surface area contributed by atoms with E-state index in [0.29, 0.717) is 0 Å². The van der Waals surface area contributed by atoms with E-state index >= 15 is 0 Å². The molecular weight excluding hydrogens is 348 g/mol. The average Bonchev–Trinajstić information content (AvgIpc) is 3.25. The van der Waals surface area contributed by atoms with Crippen LogP contribution in [0.25, 0.3) is 11.1 Å². The Morgan fingerprint density at radius 3 is 2.43 bits per heavy atom. The topological polar surface area (TPSA) is 41.6 Å². The second-order valence-corrected chi connectivity index (χ2v) is 6.97. The van der Waals surface area contributed by atoms with Crippen molar-refractivity contribution in [2.75, 3.05) is 19.0 Å². The summed E-state index contributed by atoms with van der Waals surface area (Å²) in [6, 6.07) is 26.1. The van der Waals surface area contributed by atoms with Gasteiger partial charge in [0.25, 0.3) is 0 Å². The number of likely N-dealkylation sites (tertiary alicyclic amines) is 1. The summed E-state index contributed by atoms with van der Waals surface area (Å²) in [6.45, 7) is 0.760. The molecule has 4 nitrogen and oxygen atoms in total. The fourth-order valence-electron chi connectivity index (χ4n) is 3.83. The van der Waals surface area contributed by atoms with Crippen LogP contribution in [0, 0.1) is 0 Å². The van der Waals surface area contributed by atoms with Crippen LogP contribution in [0.5, 0.6) is 5.75 Å². The monoisotopic (exact) mass is 372 g/mol. The number of amides is 2. The Bertz CT molecular complexity index is 938. The highest BCUT2D eigenvalue weighted by molar-refractivity contribution is 5.94. The van der Waals surface area contributed by atoms with Crippen LogP contribution in [0.4, 0.5) is 10.5 Å². The summed E-state index contributed by atoms with van der Waals surface area (Å²) in [7, 11) is 1.66. The first-order chi connectivity index (χ1) is 13.8. The van der Waals surface area contributed by atoms with Crippen molar-refractivity contribution in [1.82, 2.24) is 4.90 Å². The highest BCUT2D eigenvalue weighted by Gasteiger charge is 2.30. The molecule has 3 aromatic carbocycles. The third-order valence-electron chi connectivity index (χ3n) is 5.27. The molecule has 4 heteroatoms. The van der Waals surface area contributed by atoms with Crippen LogP contribution in [0.15, 0.2) is 78.9 Å². The molecule has 0 radical (unpaired) electrons. The number of nitrogens with zero attached hydrogens (tertiary/aromatic N) is 1. The summed E-state index contributed by atoms with van der Waals surface area (Å²) in [5.41, 5.74) is 4.09. The Morgan fingerprint density at radius 2 is 1.68 bits per heavy atom. The van der Waals surface area contributed by atoms with E-state index in [0.717, 1.165) is 47.5 Å². The molecule has 4 rings (SSSR count). The molecule has 0 spiro atoms. The van der Waals surface area contributed by atoms with Gasteiger partial charge >= 0.3 is 6.03 Å². The van der Waals surface area contributed by atoms with Gasteiger partial charge in [-0.2, -0.15) is 0 Å². The number of hydrogen-bond acceptors (Lipinski definition) is 2. The molecule has 2 amide bonds. The Morgan fingerprint density at radius 1 is 0.964 bits per heavy atom. The van der Waals surface area contributed by atoms with Gasteiger partial charge in [0.05, 0.1) is 18.8 Å². The van der Waals surface area contributed by atoms with E-state index in [1.165, 1.54) is 0 Å². The maximum atomic E-state index is 13.1. The standard InChI is InChI=1S/C24H24N2O2/c1-28-20-15-13-19(14-16-20)23-12-7-17-26(23)24(27)25-22-11-6-5-10-21(22)18-8-3-2-4-9-18/h2-6,8-11,13-16,23H,7,12,17H2,1H3,(H,25,27). The first kappa shape index (κ1) is 18.1. The Labute approximate surface area is 165 Å². The van der Waals surface area contributed by atoms with E-state index in [1.807, 2.05) is 71.6 Å². The van der Waals surface area contributed by atoms with Crippen molar-refractivity contribution in [3.05, 3.63) is 84.4 Å². The van der Waals surface area contributed by atoms with Gasteiger partial charge < -0.3 is 15.0 Å². The summed E-state index contributed by atoms with van der Waals surface area (Å²) in [4.78, 5) is 15.0. The molecule has 1 N–H and O–H groups in total. The zero-order valence-corrected chi connectivity index (χ0v) is 16.0. The minimum atomic E-state index is -0.0540. The van der Waals surface area contributed by atoms with Crippen molar-refractivity contribution in [3.63, 3.8) is 0 Å². The molecule has 1 saturated heterocycles. The minimum absolute atomic E-state index is 0.0540. The second kappa shape index (κ2) is 8.17. The molecule has 0 aliphatic carbocycles. The number of hydrogen-bond donors (Lipinski definition) is 1. The molecule has 1 aliphatic rings. The fraction of sp³-hybridized carbons (Fsp3) is 0.208. The number of methoxy groups -OCH3 is 1. The van der Waals surface area contributed by atoms with Crippen LogP contribution in [-0.2, 0) is 0 Å². The minimum Gasteiger partial charge on any atom is -0.497 e. The average molecular weight is 372 g/mol. The van der Waals surface area contributed by atoms with Crippen molar-refractivity contribution in [2.45, 2.75) is 18.9 Å². The molecule has 3 aromatic rings. The van der Waals surface area contributed by atoms with Gasteiger partial charge in [0.15, 0.2) is 0 Å². The summed E-state index contributed by atoms with van der Waals surface area (Å²) in [6.07, 6.45) is 1.98. The summed E-state index contributed by atoms with van der Waals surface area (Å²) >= 11 is 0. The lowest BCUT2D eigenvalue weighted by atomic mass is 10.0. The van der Waals surface area contributed by atoms with Gasteiger partial charge in [0.1, 0.15) is 5.75 Å². The van der Waals surface area contributed by atoms with E-state index < -0.39 is 0 Å². The molecule has 0 bridgehead atoms. The number of benzene rings is 3. The highest BCUT2D eigenvalue weighted by atomic mass is 16.5. The van der Waals surface area contributed by atoms with E-state index in [4.69, 9.17) is 4.74 Å². The van der Waals surface area contributed by atoms with Crippen molar-refractivity contribution in [2.24, 2.45) is 0 Å². The maximum Gasteiger partial charge on any atom is 0.322 e. The summed E-state index contributed by atoms with van der Waals surface area (Å²) in [5, 5.41) is 3.14. The number of rotatable bonds is 4. The molecule has 1 atom stereocenters. The number of carbonyl (C=O) groups excluding carboxylic acids is 1. The van der Waals surface area contributed by atoms with Crippen molar-refractivity contribution < 1.29 is 9.53 Å². The quantitative estimate of drug-likeness (QED) is 0.635. The van der Waals surface area contributed by atoms with Crippen LogP contribution < -0.4 is 10.1 Å². The van der Waals surface area contributed by atoms with Crippen LogP contribution >= 0.6 is 0 Å². The lowest BCUT2D eigenvalue weighted by Crippen LogP contribution is -2.34. The highest BCUT2D eigenvalue weighted by Crippen LogP contribution is 2.34. The van der Waals surface area contributed by atoms with Crippen molar-refractivity contribution >= 4 is 11.7 Å². The molecule has 1 aliphatic heterocycles. The van der Waals surface area contributed by atoms with Crippen LogP contribution in [0.1, 0.15) is 24.4 Å². The fourth-order valence-corrected chi connectivity index (χ4v) is 3.83. The van der Waals surface area contributed by atoms with Crippen molar-refractivity contribution in [3.8, 4) is 16.9 Å². The smallest absolute Gasteiger partial charge is 0.322 e. The van der Waals surface area contributed by atoms with Gasteiger partial charge in [-0.15, -0.1) is 0 Å². The van der Waals surface area contributed by atoms with Crippen LogP contribution in [0.2, 0.25) is 0 Å². The van der Waals surface area contributed by atoms with E-state index in [1.54, 1.807) is 7.11 Å². The zero-order valence-electron chi connectivity index (χ0n) is 16.0. The third kappa shape index (κ3) is 3.72. The van der Waals surface area contributed by atoms with Crippen LogP contribution in [-0.4, -0.2) is 24.6 Å². The van der Waals surface area contributed by atoms with Gasteiger partial charge in [0.2, 0.25) is 0 Å². The molecule has 28 heavy (non-hydrogen) atoms. The number of para-hydroxylation sites is 1. The molecule has 1 heterocycles. The number of ether oxygens (including phenoxy) is 1. The van der Waals surface area contributed by atoms with E-state index in [9.17, 15) is 4.79 Å². The predicted molar refractivity (Wildman–Crippen MR) is 113 cm³/mol. The van der Waals surface area contributed by atoms with Gasteiger partial charge in [-0.1, -0.05) is 60.7 Å². The molecule has 1 fully saturated rings. The molecule has 142 valence electrons. The Kier molecular flexibility index (Phi) is 5.29. The van der Waals surface area contributed by atoms with Crippen molar-refractivity contribution in [1.29, 1.82) is 0 Å². The van der Waals surface area contributed by atoms with Gasteiger partial charge in [-0.05, 0) is 42.2 Å². The maximum absolute atomic E-state index is 13.1. The van der Waals surface area contributed by atoms with E-state index in [-0.39, 0.29) is 12.1 Å². The largest absolute Gasteiger partial charge is 0.497 e. The number of anilines is 1. The molecular formula is C24H24N2O2. The molecule has 1 unspecified atom stereocenters. The first-order valence-corrected chi connectivity index (χ1v) is 9.62. The predicted octanol–water partition coefficient (Wildman–Crippen LogP) is 5.73. The van der Waals surface area contributed by atoms with Gasteiger partial charge in [0, 0.05) is 12.1 Å². The van der Waals surface area contributed by atoms with E-state index in [2.05, 4.69) is 17.4 Å². The zero-order chi connectivity index (χ0) is 19.3. The number of urea groups is 1. The third-order valence-corrected chi connectivity index (χ3v) is 5.27. The lowest BCUT2D eigenvalue weighted by molar-refractivity contribution is 0.207. The second-order valence-electron chi connectivity index (χ2n) is 6.97. The summed E-state index contributed by atoms with van der Waals surface area (Å²) < 4.78 is 5.25. The normalized spacial score (nSPS) is 16.0. The Balaban J connectivity index is 1.55. The number of carbonyl (C=O) groups is 1. The number of nitrogens with one attached hydrogen (secondary N) is 1. The summed E-state index contributed by atoms with van der Waals surface area (Å²) in [5.74, 6) is 0.828. The molecule has 0 aromatic heterocycles. The van der Waals surface area contributed by atoms with Crippen LogP contribution in [0.3, 0.4) is 0 Å². The van der Waals surface area contributed by atoms with Gasteiger partial charge in [-0.3, -0.25) is 0 Å². The molecule has 0 saturated carbocycles. The van der Waals surface area contributed by atoms with Gasteiger partial charge in [-0.25, -0.2) is 4.79 Å².